The second-order valence-corrected chi connectivity index (χ2v) is 11.3. The maximum atomic E-state index is 13.2. The predicted molar refractivity (Wildman–Crippen MR) is 121 cm³/mol. The molecule has 190 valence electrons. The Balaban J connectivity index is 1.62. The van der Waals surface area contributed by atoms with Gasteiger partial charge in [-0.05, 0) is 18.9 Å². The lowest BCUT2D eigenvalue weighted by molar-refractivity contribution is -0.138. The molecule has 0 bridgehead atoms. The molecule has 16 heteroatoms. The van der Waals surface area contributed by atoms with E-state index in [0.29, 0.717) is 61.6 Å². The minimum Gasteiger partial charge on any atom is -0.366 e. The van der Waals surface area contributed by atoms with E-state index in [0.717, 1.165) is 0 Å². The molecule has 3 aromatic rings. The molecule has 2 fully saturated rings. The van der Waals surface area contributed by atoms with Gasteiger partial charge in [-0.15, -0.1) is 10.2 Å². The van der Waals surface area contributed by atoms with E-state index in [2.05, 4.69) is 19.9 Å². The van der Waals surface area contributed by atoms with E-state index in [1.807, 2.05) is 11.0 Å². The molecule has 0 unspecified atom stereocenters. The second-order valence-electron chi connectivity index (χ2n) is 8.60. The van der Waals surface area contributed by atoms with Crippen LogP contribution in [0, 0.1) is 11.3 Å². The van der Waals surface area contributed by atoms with Crippen molar-refractivity contribution < 1.29 is 26.4 Å². The molecule has 36 heavy (non-hydrogen) atoms. The van der Waals surface area contributed by atoms with Crippen LogP contribution in [-0.2, 0) is 21.0 Å². The molecule has 5 rings (SSSR count). The highest BCUT2D eigenvalue weighted by Gasteiger charge is 2.47. The Hall–Kier alpha value is -3.29. The molecule has 3 aromatic heterocycles. The molecule has 0 radical (unpaired) electrons. The molecule has 1 saturated carbocycles. The summed E-state index contributed by atoms with van der Waals surface area (Å²) in [6, 6.07) is 3.42. The zero-order valence-electron chi connectivity index (χ0n) is 18.8. The van der Waals surface area contributed by atoms with Gasteiger partial charge < -0.3 is 9.80 Å². The fourth-order valence-electron chi connectivity index (χ4n) is 3.98. The summed E-state index contributed by atoms with van der Waals surface area (Å²) >= 11 is 0.298. The first-order valence-corrected chi connectivity index (χ1v) is 13.1. The molecule has 2 aliphatic rings. The van der Waals surface area contributed by atoms with E-state index in [9.17, 15) is 31.6 Å². The third-order valence-electron chi connectivity index (χ3n) is 6.12. The summed E-state index contributed by atoms with van der Waals surface area (Å²) in [6.07, 6.45) is -1.24. The van der Waals surface area contributed by atoms with Crippen LogP contribution in [0.3, 0.4) is 0 Å². The molecule has 0 spiro atoms. The van der Waals surface area contributed by atoms with E-state index in [1.165, 1.54) is 29.8 Å². The average molecular weight is 541 g/mol. The van der Waals surface area contributed by atoms with Crippen LogP contribution in [0.25, 0.3) is 16.3 Å². The topological polar surface area (TPSA) is 137 Å². The van der Waals surface area contributed by atoms with Crippen molar-refractivity contribution in [1.82, 2.24) is 29.2 Å². The third-order valence-corrected chi connectivity index (χ3v) is 8.59. The van der Waals surface area contributed by atoms with Crippen molar-refractivity contribution in [3.8, 4) is 16.9 Å². The first-order valence-electron chi connectivity index (χ1n) is 10.8. The number of hydrogen-bond acceptors (Lipinski definition) is 9. The number of imidazole rings is 1. The van der Waals surface area contributed by atoms with Crippen molar-refractivity contribution in [2.75, 3.05) is 31.1 Å². The lowest BCUT2D eigenvalue weighted by Gasteiger charge is -2.36. The molecule has 11 nitrogen and oxygen atoms in total. The van der Waals surface area contributed by atoms with E-state index in [4.69, 9.17) is 0 Å². The largest absolute Gasteiger partial charge is 0.445 e. The first-order chi connectivity index (χ1) is 16.9. The summed E-state index contributed by atoms with van der Waals surface area (Å²) in [5, 5.41) is 14.9. The van der Waals surface area contributed by atoms with E-state index in [1.54, 1.807) is 4.90 Å². The van der Waals surface area contributed by atoms with Gasteiger partial charge in [-0.25, -0.2) is 13.4 Å². The summed E-state index contributed by atoms with van der Waals surface area (Å²) in [5.41, 5.74) is -0.243. The number of rotatable bonds is 5. The number of piperazine rings is 1. The van der Waals surface area contributed by atoms with Gasteiger partial charge in [0.05, 0.1) is 23.5 Å². The molecule has 4 heterocycles. The SMILES string of the molecule is CC(=O)N1CCN(c2cc(S(=O)(=O)NC3(C#N)CC3)cn3c(-c4nnc(C(F)(F)F)s4)ncc23)CC1. The summed E-state index contributed by atoms with van der Waals surface area (Å²) < 4.78 is 69.6. The Labute approximate surface area is 207 Å². The fraction of sp³-hybridized carbons (Fsp3) is 0.450. The number of anilines is 1. The third kappa shape index (κ3) is 4.38. The number of nitrogens with zero attached hydrogens (tertiary/aromatic N) is 7. The van der Waals surface area contributed by atoms with Gasteiger partial charge in [-0.3, -0.25) is 9.20 Å². The quantitative estimate of drug-likeness (QED) is 0.518. The first kappa shape index (κ1) is 24.4. The molecule has 0 atom stereocenters. The van der Waals surface area contributed by atoms with Crippen molar-refractivity contribution in [1.29, 1.82) is 5.26 Å². The smallest absolute Gasteiger partial charge is 0.366 e. The van der Waals surface area contributed by atoms with Gasteiger partial charge >= 0.3 is 6.18 Å². The molecular formula is C20H19F3N8O3S2. The van der Waals surface area contributed by atoms with Crippen molar-refractivity contribution >= 4 is 38.5 Å². The second kappa shape index (κ2) is 8.39. The maximum Gasteiger partial charge on any atom is 0.445 e. The molecular weight excluding hydrogens is 521 g/mol. The predicted octanol–water partition coefficient (Wildman–Crippen LogP) is 1.87. The molecule has 1 saturated heterocycles. The minimum absolute atomic E-state index is 0.0000836. The van der Waals surface area contributed by atoms with Gasteiger partial charge in [-0.1, -0.05) is 11.3 Å². The molecule has 1 aliphatic carbocycles. The zero-order chi connectivity index (χ0) is 25.9. The Morgan fingerprint density at radius 2 is 1.92 bits per heavy atom. The number of amides is 1. The van der Waals surface area contributed by atoms with Gasteiger partial charge in [0.2, 0.25) is 20.9 Å². The summed E-state index contributed by atoms with van der Waals surface area (Å²) in [6.45, 7) is 3.12. The Bertz CT molecular complexity index is 1500. The van der Waals surface area contributed by atoms with Crippen LogP contribution in [0.4, 0.5) is 18.9 Å². The van der Waals surface area contributed by atoms with Gasteiger partial charge in [-0.2, -0.15) is 23.2 Å². The Morgan fingerprint density at radius 1 is 1.22 bits per heavy atom. The highest BCUT2D eigenvalue weighted by atomic mass is 32.2. The van der Waals surface area contributed by atoms with Gasteiger partial charge in [0.15, 0.2) is 10.8 Å². The normalized spacial score (nSPS) is 17.9. The minimum atomic E-state index is -4.68. The number of nitrogens with one attached hydrogen (secondary N) is 1. The van der Waals surface area contributed by atoms with Gasteiger partial charge in [0, 0.05) is 39.3 Å². The van der Waals surface area contributed by atoms with Crippen molar-refractivity contribution in [2.45, 2.75) is 36.4 Å². The number of pyridine rings is 1. The zero-order valence-corrected chi connectivity index (χ0v) is 20.4. The molecule has 0 aromatic carbocycles. The van der Waals surface area contributed by atoms with Crippen LogP contribution in [0.1, 0.15) is 24.8 Å². The van der Waals surface area contributed by atoms with Gasteiger partial charge in [0.25, 0.3) is 0 Å². The number of carbonyl (C=O) groups is 1. The summed E-state index contributed by atoms with van der Waals surface area (Å²) in [4.78, 5) is 19.3. The monoisotopic (exact) mass is 540 g/mol. The van der Waals surface area contributed by atoms with Crippen molar-refractivity contribution in [2.24, 2.45) is 0 Å². The highest BCUT2D eigenvalue weighted by Crippen LogP contribution is 2.38. The van der Waals surface area contributed by atoms with E-state index >= 15 is 0 Å². The van der Waals surface area contributed by atoms with Crippen LogP contribution >= 0.6 is 11.3 Å². The number of halogens is 3. The fourth-order valence-corrected chi connectivity index (χ4v) is 6.08. The van der Waals surface area contributed by atoms with Crippen molar-refractivity contribution in [3.63, 3.8) is 0 Å². The van der Waals surface area contributed by atoms with Crippen molar-refractivity contribution in [3.05, 3.63) is 23.5 Å². The number of aromatic nitrogens is 4. The number of nitriles is 1. The number of fused-ring (bicyclic) bond motifs is 1. The summed E-state index contributed by atoms with van der Waals surface area (Å²) in [7, 11) is -4.16. The van der Waals surface area contributed by atoms with Gasteiger partial charge in [0.1, 0.15) is 10.4 Å². The lowest BCUT2D eigenvalue weighted by Crippen LogP contribution is -2.48. The average Bonchev–Trinajstić information content (AvgIpc) is 3.21. The van der Waals surface area contributed by atoms with Crippen LogP contribution < -0.4 is 9.62 Å². The Morgan fingerprint density at radius 3 is 2.47 bits per heavy atom. The molecule has 1 amide bonds. The lowest BCUT2D eigenvalue weighted by atomic mass is 10.2. The number of carbonyl (C=O) groups excluding carboxylic acids is 1. The Kier molecular flexibility index (Phi) is 5.69. The van der Waals surface area contributed by atoms with Crippen LogP contribution in [0.15, 0.2) is 23.4 Å². The molecule has 1 aliphatic heterocycles. The summed E-state index contributed by atoms with van der Waals surface area (Å²) in [5.74, 6) is -0.0740. The molecule has 1 N–H and O–H groups in total. The van der Waals surface area contributed by atoms with Crippen LogP contribution in [0.2, 0.25) is 0 Å². The maximum absolute atomic E-state index is 13.2. The number of hydrogen-bond donors (Lipinski definition) is 1. The van der Waals surface area contributed by atoms with E-state index in [-0.39, 0.29) is 21.6 Å². The van der Waals surface area contributed by atoms with Crippen LogP contribution in [-0.4, -0.2) is 70.5 Å². The van der Waals surface area contributed by atoms with Crippen LogP contribution in [0.5, 0.6) is 0 Å². The highest BCUT2D eigenvalue weighted by molar-refractivity contribution is 7.89. The number of sulfonamides is 1. The van der Waals surface area contributed by atoms with E-state index < -0.39 is 26.7 Å². The standard InChI is InChI=1S/C20H19F3N8O3S2/c1-12(32)29-4-6-30(7-5-29)14-8-13(36(33,34)28-19(11-24)2-3-19)10-31-15(14)9-25-16(31)17-26-27-18(35-17)20(21,22)23/h8-10,28H,2-7H2,1H3. The number of alkyl halides is 3.